The molecule has 3 fully saturated rings. The van der Waals surface area contributed by atoms with Crippen LogP contribution in [0.25, 0.3) is 33.2 Å². The van der Waals surface area contributed by atoms with Gasteiger partial charge in [-0.05, 0) is 67.1 Å². The van der Waals surface area contributed by atoms with Crippen molar-refractivity contribution < 1.29 is 23.5 Å². The highest BCUT2D eigenvalue weighted by Crippen LogP contribution is 2.39. The van der Waals surface area contributed by atoms with Gasteiger partial charge in [0.15, 0.2) is 11.1 Å². The van der Waals surface area contributed by atoms with Gasteiger partial charge in [0.2, 0.25) is 17.2 Å². The van der Waals surface area contributed by atoms with Gasteiger partial charge < -0.3 is 29.2 Å². The molecule has 2 N–H and O–H groups in total. The van der Waals surface area contributed by atoms with Crippen molar-refractivity contribution in [1.82, 2.24) is 20.1 Å². The van der Waals surface area contributed by atoms with Crippen LogP contribution in [0.3, 0.4) is 0 Å². The zero-order valence-corrected chi connectivity index (χ0v) is 32.7. The van der Waals surface area contributed by atoms with Gasteiger partial charge in [-0.1, -0.05) is 29.8 Å². The summed E-state index contributed by atoms with van der Waals surface area (Å²) in [7, 11) is 3.39. The number of amides is 3. The van der Waals surface area contributed by atoms with Crippen LogP contribution < -0.4 is 30.6 Å². The molecule has 1 atom stereocenters. The molecule has 0 bridgehead atoms. The number of anilines is 3. The fourth-order valence-corrected chi connectivity index (χ4v) is 9.18. The molecule has 0 radical (unpaired) electrons. The minimum atomic E-state index is -0.658. The molecule has 13 nitrogen and oxygen atoms in total. The number of ether oxygens (including phenoxy) is 1. The molecule has 0 aliphatic carbocycles. The molecule has 5 aromatic rings. The summed E-state index contributed by atoms with van der Waals surface area (Å²) in [6.07, 6.45) is 2.66. The monoisotopic (exact) mass is 789 g/mol. The predicted octanol–water partition coefficient (Wildman–Crippen LogP) is 5.51. The van der Waals surface area contributed by atoms with E-state index in [1.54, 1.807) is 37.3 Å². The maximum absolute atomic E-state index is 13.6. The van der Waals surface area contributed by atoms with Gasteiger partial charge in [-0.2, -0.15) is 0 Å². The zero-order valence-electron chi connectivity index (χ0n) is 32.0. The first-order chi connectivity index (χ1) is 27.7. The van der Waals surface area contributed by atoms with Crippen LogP contribution in [0.15, 0.2) is 69.9 Å². The molecule has 4 aliphatic rings. The maximum atomic E-state index is 13.6. The van der Waals surface area contributed by atoms with Crippen LogP contribution in [0.4, 0.5) is 17.2 Å². The van der Waals surface area contributed by atoms with Crippen LogP contribution >= 0.6 is 11.6 Å². The molecule has 3 aromatic carbocycles. The number of methoxy groups -OCH3 is 1. The fourth-order valence-electron chi connectivity index (χ4n) is 8.93. The molecule has 57 heavy (non-hydrogen) atoms. The number of carbonyl (C=O) groups excluding carboxylic acids is 3. The quantitative estimate of drug-likeness (QED) is 0.152. The normalized spacial score (nSPS) is 19.4. The number of imide groups is 1. The summed E-state index contributed by atoms with van der Waals surface area (Å²) in [5, 5.41) is 6.12. The minimum absolute atomic E-state index is 0.190. The lowest BCUT2D eigenvalue weighted by Gasteiger charge is -2.40. The molecule has 3 saturated heterocycles. The number of hydrogen-bond donors (Lipinski definition) is 2. The average Bonchev–Trinajstić information content (AvgIpc) is 3.56. The Labute approximate surface area is 334 Å². The number of rotatable bonds is 8. The summed E-state index contributed by atoms with van der Waals surface area (Å²) < 4.78 is 12.0. The van der Waals surface area contributed by atoms with E-state index < -0.39 is 11.9 Å². The Morgan fingerprint density at radius 1 is 0.895 bits per heavy atom. The summed E-state index contributed by atoms with van der Waals surface area (Å²) in [5.74, 6) is 0.907. The Hall–Kier alpha value is -5.66. The van der Waals surface area contributed by atoms with Gasteiger partial charge in [-0.15, -0.1) is 0 Å². The second-order valence-electron chi connectivity index (χ2n) is 15.4. The number of carbonyl (C=O) groups is 3. The highest BCUT2D eigenvalue weighted by Gasteiger charge is 2.41. The summed E-state index contributed by atoms with van der Waals surface area (Å²) in [6, 6.07) is 18.8. The lowest BCUT2D eigenvalue weighted by atomic mass is 9.95. The Morgan fingerprint density at radius 2 is 1.65 bits per heavy atom. The number of pyridine rings is 1. The van der Waals surface area contributed by atoms with Crippen LogP contribution in [-0.4, -0.2) is 98.5 Å². The number of aromatic nitrogens is 1. The third-order valence-corrected chi connectivity index (χ3v) is 12.4. The Balaban J connectivity index is 0.814. The van der Waals surface area contributed by atoms with Gasteiger partial charge in [0, 0.05) is 87.8 Å². The molecule has 4 aliphatic heterocycles. The first-order valence-electron chi connectivity index (χ1n) is 19.6. The summed E-state index contributed by atoms with van der Waals surface area (Å²) in [6.45, 7) is 6.96. The number of benzene rings is 3. The highest BCUT2D eigenvalue weighted by molar-refractivity contribution is 6.35. The second kappa shape index (κ2) is 15.0. The van der Waals surface area contributed by atoms with Gasteiger partial charge in [0.05, 0.1) is 29.6 Å². The number of nitrogens with one attached hydrogen (secondary N) is 2. The van der Waals surface area contributed by atoms with Crippen molar-refractivity contribution in [1.29, 1.82) is 0 Å². The maximum Gasteiger partial charge on any atom is 0.255 e. The highest BCUT2D eigenvalue weighted by atomic mass is 35.5. The van der Waals surface area contributed by atoms with Crippen LogP contribution in [0.1, 0.15) is 41.6 Å². The molecule has 3 amide bonds. The van der Waals surface area contributed by atoms with Crippen molar-refractivity contribution in [3.8, 4) is 16.9 Å². The molecule has 2 aromatic heterocycles. The van der Waals surface area contributed by atoms with Crippen molar-refractivity contribution in [2.45, 2.75) is 38.3 Å². The lowest BCUT2D eigenvalue weighted by molar-refractivity contribution is -0.136. The minimum Gasteiger partial charge on any atom is -0.496 e. The van der Waals surface area contributed by atoms with Gasteiger partial charge in [0.1, 0.15) is 23.2 Å². The largest absolute Gasteiger partial charge is 0.496 e. The van der Waals surface area contributed by atoms with Gasteiger partial charge in [0.25, 0.3) is 5.91 Å². The average molecular weight is 790 g/mol. The van der Waals surface area contributed by atoms with E-state index in [0.29, 0.717) is 57.6 Å². The standard InChI is InChI=1S/C43H44ClN7O6/c1-45-36-22-29(41-39(46-36)40(53)38-32(44)4-3-5-34(38)57-41)26-6-8-27(9-7-26)50-18-16-48(17-19-50)23-25-12-14-49(15-13-25)28-20-30-31(35(21-28)56-2)24-51(43(30)55)33-10-11-37(52)47-42(33)54/h3-9,20-22,25,33H,10-19,23-24H2,1-2H3,(H,45,46)(H,47,52,54). The van der Waals surface area contributed by atoms with Gasteiger partial charge in [-0.25, -0.2) is 4.98 Å². The summed E-state index contributed by atoms with van der Waals surface area (Å²) in [4.78, 5) is 64.8. The third kappa shape index (κ3) is 6.82. The third-order valence-electron chi connectivity index (χ3n) is 12.1. The smallest absolute Gasteiger partial charge is 0.255 e. The van der Waals surface area contributed by atoms with Crippen molar-refractivity contribution in [2.75, 3.05) is 75.1 Å². The molecule has 9 rings (SSSR count). The SMILES string of the molecule is CNc1cc(-c2ccc(N3CCN(CC4CCN(c5cc(OC)c6c(c5)C(=O)N(C5CCC(=O)NC5=O)C6)CC4)CC3)cc2)c2oc3cccc(Cl)c3c(=O)c2n1. The van der Waals surface area contributed by atoms with E-state index in [9.17, 15) is 19.2 Å². The second-order valence-corrected chi connectivity index (χ2v) is 15.8. The van der Waals surface area contributed by atoms with E-state index in [-0.39, 0.29) is 29.2 Å². The number of piperazine rings is 1. The van der Waals surface area contributed by atoms with E-state index >= 15 is 0 Å². The Kier molecular flexibility index (Phi) is 9.73. The molecule has 0 saturated carbocycles. The van der Waals surface area contributed by atoms with E-state index in [2.05, 4.69) is 54.6 Å². The van der Waals surface area contributed by atoms with E-state index in [1.807, 2.05) is 18.2 Å². The molecule has 14 heteroatoms. The van der Waals surface area contributed by atoms with Crippen LogP contribution in [0.2, 0.25) is 5.02 Å². The van der Waals surface area contributed by atoms with E-state index in [0.717, 1.165) is 86.7 Å². The van der Waals surface area contributed by atoms with Gasteiger partial charge in [-0.3, -0.25) is 29.4 Å². The predicted molar refractivity (Wildman–Crippen MR) is 220 cm³/mol. The van der Waals surface area contributed by atoms with E-state index in [4.69, 9.17) is 20.8 Å². The van der Waals surface area contributed by atoms with Crippen LogP contribution in [-0.2, 0) is 16.1 Å². The molecular formula is C43H44ClN7O6. The van der Waals surface area contributed by atoms with Crippen molar-refractivity contribution in [3.63, 3.8) is 0 Å². The molecule has 294 valence electrons. The summed E-state index contributed by atoms with van der Waals surface area (Å²) >= 11 is 6.38. The molecule has 0 spiro atoms. The van der Waals surface area contributed by atoms with Crippen LogP contribution in [0.5, 0.6) is 5.75 Å². The number of hydrogen-bond acceptors (Lipinski definition) is 11. The van der Waals surface area contributed by atoms with Crippen molar-refractivity contribution in [3.05, 3.63) is 87.0 Å². The van der Waals surface area contributed by atoms with Crippen LogP contribution in [0, 0.1) is 5.92 Å². The number of piperidine rings is 2. The summed E-state index contributed by atoms with van der Waals surface area (Å²) in [5.41, 5.74) is 6.04. The number of fused-ring (bicyclic) bond motifs is 3. The van der Waals surface area contributed by atoms with E-state index in [1.165, 1.54) is 0 Å². The van der Waals surface area contributed by atoms with Crippen molar-refractivity contribution in [2.24, 2.45) is 5.92 Å². The molecule has 6 heterocycles. The molecule has 1 unspecified atom stereocenters. The number of nitrogens with zero attached hydrogens (tertiary/aromatic N) is 5. The lowest BCUT2D eigenvalue weighted by Crippen LogP contribution is -2.52. The fraction of sp³-hybridized carbons (Fsp3) is 0.372. The first kappa shape index (κ1) is 36.9. The van der Waals surface area contributed by atoms with Gasteiger partial charge >= 0.3 is 0 Å². The zero-order chi connectivity index (χ0) is 39.4. The topological polar surface area (TPSA) is 141 Å². The van der Waals surface area contributed by atoms with Crippen molar-refractivity contribution >= 4 is 68.6 Å². The first-order valence-corrected chi connectivity index (χ1v) is 20.0. The Bertz CT molecular complexity index is 2470. The molecular weight excluding hydrogens is 746 g/mol. The number of halogens is 1. The Morgan fingerprint density at radius 3 is 2.37 bits per heavy atom.